The highest BCUT2D eigenvalue weighted by Gasteiger charge is 2.33. The van der Waals surface area contributed by atoms with E-state index < -0.39 is 29.4 Å². The molecule has 0 saturated heterocycles. The van der Waals surface area contributed by atoms with Gasteiger partial charge in [-0.05, 0) is 48.9 Å². The fourth-order valence-corrected chi connectivity index (χ4v) is 5.34. The lowest BCUT2D eigenvalue weighted by atomic mass is 10.1. The number of esters is 1. The number of alkyl halides is 6. The summed E-state index contributed by atoms with van der Waals surface area (Å²) in [5, 5.41) is 0.860. The van der Waals surface area contributed by atoms with E-state index in [-0.39, 0.29) is 24.4 Å². The van der Waals surface area contributed by atoms with Crippen molar-refractivity contribution in [1.29, 1.82) is 0 Å². The molecule has 2 aromatic heterocycles. The van der Waals surface area contributed by atoms with Gasteiger partial charge in [-0.2, -0.15) is 26.3 Å². The van der Waals surface area contributed by atoms with Crippen LogP contribution in [0.4, 0.5) is 26.3 Å². The molecule has 196 valence electrons. The van der Waals surface area contributed by atoms with Crippen LogP contribution in [0.5, 0.6) is 0 Å². The van der Waals surface area contributed by atoms with E-state index in [0.717, 1.165) is 35.6 Å². The van der Waals surface area contributed by atoms with Crippen molar-refractivity contribution in [3.63, 3.8) is 0 Å². The molecule has 2 heterocycles. The molecule has 38 heavy (non-hydrogen) atoms. The number of para-hydroxylation sites is 1. The summed E-state index contributed by atoms with van der Waals surface area (Å²) >= 11 is 1.11. The minimum absolute atomic E-state index is 0.0398. The number of aromatic nitrogens is 2. The van der Waals surface area contributed by atoms with Crippen LogP contribution in [0, 0.1) is 0 Å². The maximum atomic E-state index is 13.3. The van der Waals surface area contributed by atoms with Gasteiger partial charge >= 0.3 is 18.3 Å². The van der Waals surface area contributed by atoms with Gasteiger partial charge in [0, 0.05) is 17.4 Å². The lowest BCUT2D eigenvalue weighted by Gasteiger charge is -2.13. The first-order valence-electron chi connectivity index (χ1n) is 11.4. The lowest BCUT2D eigenvalue weighted by Crippen LogP contribution is -2.14. The van der Waals surface area contributed by atoms with E-state index in [9.17, 15) is 31.1 Å². The van der Waals surface area contributed by atoms with E-state index >= 15 is 0 Å². The maximum absolute atomic E-state index is 13.3. The molecule has 5 rings (SSSR count). The summed E-state index contributed by atoms with van der Waals surface area (Å²) < 4.78 is 87.1. The summed E-state index contributed by atoms with van der Waals surface area (Å²) in [5.74, 6) is -0.721. The summed E-state index contributed by atoms with van der Waals surface area (Å²) in [6.45, 7) is 1.58. The molecule has 4 nitrogen and oxygen atoms in total. The van der Waals surface area contributed by atoms with Crippen LogP contribution in [0.3, 0.4) is 0 Å². The molecular weight excluding hydrogens is 530 g/mol. The van der Waals surface area contributed by atoms with Crippen molar-refractivity contribution in [2.75, 3.05) is 6.61 Å². The van der Waals surface area contributed by atoms with E-state index in [1.165, 1.54) is 18.2 Å². The van der Waals surface area contributed by atoms with Gasteiger partial charge in [0.05, 0.1) is 33.5 Å². The molecule has 0 radical (unpaired) electrons. The molecule has 0 unspecified atom stereocenters. The molecule has 0 atom stereocenters. The molecule has 0 aliphatic rings. The van der Waals surface area contributed by atoms with E-state index in [1.54, 1.807) is 35.8 Å². The number of nitrogens with zero attached hydrogens (tertiary/aromatic N) is 2. The number of fused-ring (bicyclic) bond motifs is 2. The molecule has 0 aliphatic heterocycles. The van der Waals surface area contributed by atoms with Crippen LogP contribution in [0.25, 0.3) is 31.7 Å². The minimum Gasteiger partial charge on any atom is -0.461 e. The SMILES string of the molecule is CCOC(=O)c1c(-c2nc3cc(C(F)(F)F)ccc3s2)c2ccccc2n1Cc1cccc(C(F)(F)F)c1. The Hall–Kier alpha value is -3.86. The standard InChI is InChI=1S/C27H18F6N2O2S/c1-2-37-25(36)23-22(24-34-19-13-17(27(31,32)33)10-11-21(19)38-24)18-8-3-4-9-20(18)35(23)14-15-6-5-7-16(12-15)26(28,29)30/h3-13H,2,14H2,1H3. The number of ether oxygens (including phenoxy) is 1. The molecule has 0 spiro atoms. The molecular formula is C27H18F6N2O2S. The molecule has 0 fully saturated rings. The third-order valence-electron chi connectivity index (χ3n) is 5.96. The largest absolute Gasteiger partial charge is 0.461 e. The summed E-state index contributed by atoms with van der Waals surface area (Å²) in [6, 6.07) is 14.9. The smallest absolute Gasteiger partial charge is 0.416 e. The van der Waals surface area contributed by atoms with Gasteiger partial charge in [0.15, 0.2) is 0 Å². The van der Waals surface area contributed by atoms with Crippen molar-refractivity contribution in [2.24, 2.45) is 0 Å². The first kappa shape index (κ1) is 25.8. The molecule has 0 aliphatic carbocycles. The van der Waals surface area contributed by atoms with Crippen LogP contribution in [-0.4, -0.2) is 22.1 Å². The van der Waals surface area contributed by atoms with Gasteiger partial charge in [0.25, 0.3) is 0 Å². The highest BCUT2D eigenvalue weighted by molar-refractivity contribution is 7.21. The molecule has 0 saturated carbocycles. The maximum Gasteiger partial charge on any atom is 0.416 e. The lowest BCUT2D eigenvalue weighted by molar-refractivity contribution is -0.138. The van der Waals surface area contributed by atoms with Crippen molar-refractivity contribution < 1.29 is 35.9 Å². The van der Waals surface area contributed by atoms with Gasteiger partial charge in [-0.25, -0.2) is 9.78 Å². The number of hydrogen-bond acceptors (Lipinski definition) is 4. The third kappa shape index (κ3) is 4.73. The Morgan fingerprint density at radius 3 is 2.34 bits per heavy atom. The van der Waals surface area contributed by atoms with Crippen LogP contribution in [-0.2, 0) is 23.6 Å². The van der Waals surface area contributed by atoms with E-state index in [1.807, 2.05) is 0 Å². The summed E-state index contributed by atoms with van der Waals surface area (Å²) in [5.41, 5.74) is -0.309. The number of carbonyl (C=O) groups is 1. The zero-order chi connectivity index (χ0) is 27.2. The minimum atomic E-state index is -4.55. The van der Waals surface area contributed by atoms with Crippen LogP contribution >= 0.6 is 11.3 Å². The van der Waals surface area contributed by atoms with Gasteiger partial charge in [-0.3, -0.25) is 0 Å². The van der Waals surface area contributed by atoms with Gasteiger partial charge in [-0.1, -0.05) is 30.3 Å². The number of carbonyl (C=O) groups excluding carboxylic acids is 1. The zero-order valence-corrected chi connectivity index (χ0v) is 20.5. The fraction of sp³-hybridized carbons (Fsp3) is 0.185. The van der Waals surface area contributed by atoms with Crippen molar-refractivity contribution in [2.45, 2.75) is 25.8 Å². The number of hydrogen-bond donors (Lipinski definition) is 0. The van der Waals surface area contributed by atoms with Gasteiger partial charge in [0.1, 0.15) is 10.7 Å². The monoisotopic (exact) mass is 548 g/mol. The molecule has 0 amide bonds. The molecule has 0 bridgehead atoms. The summed E-state index contributed by atoms with van der Waals surface area (Å²) in [6.07, 6.45) is -9.09. The number of benzene rings is 3. The van der Waals surface area contributed by atoms with Gasteiger partial charge in [0.2, 0.25) is 0 Å². The second kappa shape index (κ2) is 9.46. The van der Waals surface area contributed by atoms with Crippen molar-refractivity contribution in [3.8, 4) is 10.6 Å². The van der Waals surface area contributed by atoms with Gasteiger partial charge < -0.3 is 9.30 Å². The first-order valence-corrected chi connectivity index (χ1v) is 12.2. The van der Waals surface area contributed by atoms with Crippen LogP contribution in [0.15, 0.2) is 66.7 Å². The average molecular weight is 549 g/mol. The average Bonchev–Trinajstić information content (AvgIpc) is 3.42. The number of rotatable bonds is 5. The topological polar surface area (TPSA) is 44.1 Å². The second-order valence-electron chi connectivity index (χ2n) is 8.44. The Morgan fingerprint density at radius 1 is 0.921 bits per heavy atom. The highest BCUT2D eigenvalue weighted by atomic mass is 32.1. The van der Waals surface area contributed by atoms with Crippen molar-refractivity contribution in [3.05, 3.63) is 89.1 Å². The second-order valence-corrected chi connectivity index (χ2v) is 9.48. The van der Waals surface area contributed by atoms with Crippen LogP contribution < -0.4 is 0 Å². The summed E-state index contributed by atoms with van der Waals surface area (Å²) in [4.78, 5) is 17.7. The molecule has 3 aromatic carbocycles. The number of thiazole rings is 1. The molecule has 11 heteroatoms. The quantitative estimate of drug-likeness (QED) is 0.164. The van der Waals surface area contributed by atoms with Crippen LogP contribution in [0.2, 0.25) is 0 Å². The Morgan fingerprint density at radius 2 is 1.63 bits per heavy atom. The first-order chi connectivity index (χ1) is 18.0. The van der Waals surface area contributed by atoms with E-state index in [0.29, 0.717) is 31.7 Å². The van der Waals surface area contributed by atoms with Crippen molar-refractivity contribution in [1.82, 2.24) is 9.55 Å². The molecule has 0 N–H and O–H groups in total. The molecule has 5 aromatic rings. The Labute approximate surface area is 216 Å². The Balaban J connectivity index is 1.73. The third-order valence-corrected chi connectivity index (χ3v) is 7.02. The van der Waals surface area contributed by atoms with E-state index in [2.05, 4.69) is 4.98 Å². The normalized spacial score (nSPS) is 12.4. The fourth-order valence-electron chi connectivity index (χ4n) is 4.34. The van der Waals surface area contributed by atoms with Crippen molar-refractivity contribution >= 4 is 38.4 Å². The van der Waals surface area contributed by atoms with E-state index in [4.69, 9.17) is 4.74 Å². The zero-order valence-electron chi connectivity index (χ0n) is 19.7. The van der Waals surface area contributed by atoms with Gasteiger partial charge in [-0.15, -0.1) is 11.3 Å². The predicted octanol–water partition coefficient (Wildman–Crippen LogP) is 8.18. The number of halogens is 6. The Bertz CT molecular complexity index is 1670. The Kier molecular flexibility index (Phi) is 6.42. The predicted molar refractivity (Wildman–Crippen MR) is 132 cm³/mol. The van der Waals surface area contributed by atoms with Crippen LogP contribution in [0.1, 0.15) is 34.1 Å². The summed E-state index contributed by atoms with van der Waals surface area (Å²) in [7, 11) is 0. The highest BCUT2D eigenvalue weighted by Crippen LogP contribution is 2.41.